The monoisotopic (exact) mass is 272 g/mol. The lowest BCUT2D eigenvalue weighted by atomic mass is 10.2. The third kappa shape index (κ3) is 2.08. The summed E-state index contributed by atoms with van der Waals surface area (Å²) in [6.45, 7) is 1.60. The van der Waals surface area contributed by atoms with Crippen molar-refractivity contribution in [2.75, 3.05) is 6.61 Å². The van der Waals surface area contributed by atoms with Gasteiger partial charge in [-0.2, -0.15) is 0 Å². The summed E-state index contributed by atoms with van der Waals surface area (Å²) in [6.07, 6.45) is 2.52. The number of aliphatic hydroxyl groups is 2. The van der Waals surface area contributed by atoms with Crippen molar-refractivity contribution in [3.05, 3.63) is 30.1 Å². The molecule has 2 N–H and O–H groups in total. The number of hydrogen-bond donors (Lipinski definition) is 2. The van der Waals surface area contributed by atoms with Gasteiger partial charge >= 0.3 is 0 Å². The molecule has 1 aliphatic heterocycles. The molecule has 1 saturated heterocycles. The molecule has 3 heterocycles. The molecule has 1 fully saturated rings. The van der Waals surface area contributed by atoms with Crippen LogP contribution in [0.5, 0.6) is 0 Å². The fraction of sp³-hybridized carbons (Fsp3) is 0.400. The van der Waals surface area contributed by atoms with E-state index in [1.54, 1.807) is 13.1 Å². The second-order valence-electron chi connectivity index (χ2n) is 4.81. The zero-order chi connectivity index (χ0) is 14.1. The lowest BCUT2D eigenvalue weighted by molar-refractivity contribution is -0.0430. The van der Waals surface area contributed by atoms with Crippen molar-refractivity contribution in [3.63, 3.8) is 0 Å². The van der Waals surface area contributed by atoms with Crippen molar-refractivity contribution in [2.45, 2.75) is 31.8 Å². The quantitative estimate of drug-likeness (QED) is 0.802. The van der Waals surface area contributed by atoms with Crippen LogP contribution in [0.4, 0.5) is 0 Å². The molecule has 3 atom stereocenters. The Morgan fingerprint density at radius 1 is 1.55 bits per heavy atom. The van der Waals surface area contributed by atoms with Gasteiger partial charge in [0.15, 0.2) is 0 Å². The summed E-state index contributed by atoms with van der Waals surface area (Å²) >= 11 is 0. The third-order valence-corrected chi connectivity index (χ3v) is 3.54. The van der Waals surface area contributed by atoms with E-state index in [1.807, 2.05) is 22.9 Å². The van der Waals surface area contributed by atoms with Gasteiger partial charge < -0.3 is 19.5 Å². The van der Waals surface area contributed by atoms with Gasteiger partial charge in [0.05, 0.1) is 18.3 Å². The van der Waals surface area contributed by atoms with Crippen molar-refractivity contribution in [2.24, 2.45) is 0 Å². The maximum absolute atomic E-state index is 9.86. The zero-order valence-electron chi connectivity index (χ0n) is 11.2. The first-order chi connectivity index (χ1) is 9.74. The van der Waals surface area contributed by atoms with Crippen LogP contribution in [0.3, 0.4) is 0 Å². The minimum absolute atomic E-state index is 0.189. The van der Waals surface area contributed by atoms with Crippen molar-refractivity contribution in [1.29, 1.82) is 0 Å². The van der Waals surface area contributed by atoms with E-state index < -0.39 is 12.2 Å². The molecule has 0 bridgehead atoms. The molecule has 5 heteroatoms. The number of pyridine rings is 1. The molecule has 104 valence electrons. The first kappa shape index (κ1) is 13.1. The van der Waals surface area contributed by atoms with E-state index in [1.165, 1.54) is 0 Å². The van der Waals surface area contributed by atoms with Crippen LogP contribution in [0.15, 0.2) is 24.5 Å². The van der Waals surface area contributed by atoms with Crippen molar-refractivity contribution in [3.8, 4) is 11.8 Å². The maximum Gasteiger partial charge on any atom is 0.143 e. The van der Waals surface area contributed by atoms with E-state index in [2.05, 4.69) is 16.8 Å². The van der Waals surface area contributed by atoms with Crippen LogP contribution >= 0.6 is 0 Å². The Hall–Kier alpha value is -1.87. The van der Waals surface area contributed by atoms with Gasteiger partial charge in [-0.15, -0.1) is 5.92 Å². The summed E-state index contributed by atoms with van der Waals surface area (Å²) in [5, 5.41) is 20.0. The maximum atomic E-state index is 9.86. The first-order valence-corrected chi connectivity index (χ1v) is 6.57. The molecular weight excluding hydrogens is 256 g/mol. The molecule has 2 aromatic heterocycles. The Kier molecular flexibility index (Phi) is 3.45. The molecule has 0 spiro atoms. The molecule has 3 unspecified atom stereocenters. The van der Waals surface area contributed by atoms with E-state index in [-0.39, 0.29) is 12.8 Å². The third-order valence-electron chi connectivity index (χ3n) is 3.54. The largest absolute Gasteiger partial charge is 0.394 e. The molecule has 0 aromatic carbocycles. The molecule has 0 aliphatic carbocycles. The molecule has 20 heavy (non-hydrogen) atoms. The zero-order valence-corrected chi connectivity index (χ0v) is 11.2. The van der Waals surface area contributed by atoms with Crippen LogP contribution in [0, 0.1) is 11.8 Å². The van der Waals surface area contributed by atoms with Gasteiger partial charge in [-0.25, -0.2) is 4.98 Å². The number of aliphatic hydroxyl groups excluding tert-OH is 2. The first-order valence-electron chi connectivity index (χ1n) is 6.57. The van der Waals surface area contributed by atoms with Gasteiger partial charge in [0, 0.05) is 24.2 Å². The van der Waals surface area contributed by atoms with Crippen molar-refractivity contribution < 1.29 is 14.9 Å². The minimum Gasteiger partial charge on any atom is -0.394 e. The predicted octanol–water partition coefficient (Wildman–Crippen LogP) is 1.05. The van der Waals surface area contributed by atoms with E-state index in [9.17, 15) is 10.2 Å². The standard InChI is InChI=1S/C15H16N2O3/c1-2-4-10-8-17(15-11(10)5-3-6-16-15)14-7-12(19)13(9-18)20-14/h3,5-6,8,12-14,18-19H,7,9H2,1H3. The highest BCUT2D eigenvalue weighted by Crippen LogP contribution is 2.32. The van der Waals surface area contributed by atoms with Crippen LogP contribution in [0.25, 0.3) is 11.0 Å². The molecular formula is C15H16N2O3. The van der Waals surface area contributed by atoms with Crippen LogP contribution < -0.4 is 0 Å². The fourth-order valence-corrected chi connectivity index (χ4v) is 2.59. The van der Waals surface area contributed by atoms with Crippen LogP contribution in [0.2, 0.25) is 0 Å². The average Bonchev–Trinajstić information content (AvgIpc) is 3.01. The highest BCUT2D eigenvalue weighted by atomic mass is 16.5. The Balaban J connectivity index is 2.05. The summed E-state index contributed by atoms with van der Waals surface area (Å²) in [4.78, 5) is 4.38. The molecule has 0 radical (unpaired) electrons. The average molecular weight is 272 g/mol. The Morgan fingerprint density at radius 3 is 3.10 bits per heavy atom. The van der Waals surface area contributed by atoms with Crippen LogP contribution in [0.1, 0.15) is 25.1 Å². The smallest absolute Gasteiger partial charge is 0.143 e. The predicted molar refractivity (Wildman–Crippen MR) is 73.9 cm³/mol. The van der Waals surface area contributed by atoms with Gasteiger partial charge in [-0.1, -0.05) is 5.92 Å². The van der Waals surface area contributed by atoms with E-state index in [4.69, 9.17) is 4.74 Å². The van der Waals surface area contributed by atoms with E-state index >= 15 is 0 Å². The summed E-state index contributed by atoms with van der Waals surface area (Å²) in [6, 6.07) is 3.84. The number of ether oxygens (including phenoxy) is 1. The Bertz CT molecular complexity index is 683. The van der Waals surface area contributed by atoms with Gasteiger partial charge in [-0.3, -0.25) is 0 Å². The SMILES string of the molecule is CC#Cc1cn(C2CC(O)C(CO)O2)c2ncccc12. The number of aromatic nitrogens is 2. The Morgan fingerprint density at radius 2 is 2.40 bits per heavy atom. The summed E-state index contributed by atoms with van der Waals surface area (Å²) < 4.78 is 7.57. The molecule has 5 nitrogen and oxygen atoms in total. The highest BCUT2D eigenvalue weighted by molar-refractivity contribution is 5.83. The number of nitrogens with zero attached hydrogens (tertiary/aromatic N) is 2. The summed E-state index contributed by atoms with van der Waals surface area (Å²) in [7, 11) is 0. The van der Waals surface area contributed by atoms with E-state index in [0.717, 1.165) is 16.6 Å². The summed E-state index contributed by atoms with van der Waals surface area (Å²) in [5.74, 6) is 5.94. The topological polar surface area (TPSA) is 67.5 Å². The van der Waals surface area contributed by atoms with Gasteiger partial charge in [0.25, 0.3) is 0 Å². The second-order valence-corrected chi connectivity index (χ2v) is 4.81. The molecule has 0 saturated carbocycles. The normalized spacial score (nSPS) is 25.6. The molecule has 0 amide bonds. The van der Waals surface area contributed by atoms with Gasteiger partial charge in [-0.05, 0) is 19.1 Å². The molecule has 1 aliphatic rings. The fourth-order valence-electron chi connectivity index (χ4n) is 2.59. The second kappa shape index (κ2) is 5.25. The minimum atomic E-state index is -0.660. The van der Waals surface area contributed by atoms with Crippen molar-refractivity contribution >= 4 is 11.0 Å². The number of rotatable bonds is 2. The van der Waals surface area contributed by atoms with Gasteiger partial charge in [0.1, 0.15) is 18.0 Å². The Labute approximate surface area is 116 Å². The lowest BCUT2D eigenvalue weighted by Gasteiger charge is -2.14. The summed E-state index contributed by atoms with van der Waals surface area (Å²) in [5.41, 5.74) is 1.67. The number of fused-ring (bicyclic) bond motifs is 1. The van der Waals surface area contributed by atoms with E-state index in [0.29, 0.717) is 6.42 Å². The number of hydrogen-bond acceptors (Lipinski definition) is 4. The van der Waals surface area contributed by atoms with Crippen LogP contribution in [-0.2, 0) is 4.74 Å². The molecule has 3 rings (SSSR count). The van der Waals surface area contributed by atoms with Crippen LogP contribution in [-0.4, -0.2) is 38.6 Å². The van der Waals surface area contributed by atoms with Crippen molar-refractivity contribution in [1.82, 2.24) is 9.55 Å². The van der Waals surface area contributed by atoms with Gasteiger partial charge in [0.2, 0.25) is 0 Å². The highest BCUT2D eigenvalue weighted by Gasteiger charge is 2.35. The molecule has 2 aromatic rings. The lowest BCUT2D eigenvalue weighted by Crippen LogP contribution is -2.24.